The van der Waals surface area contributed by atoms with Crippen LogP contribution in [0.5, 0.6) is 11.5 Å². The minimum atomic E-state index is -0.617. The number of rotatable bonds is 8. The fourth-order valence-corrected chi connectivity index (χ4v) is 5.09. The highest BCUT2D eigenvalue weighted by atomic mass is 16.5. The van der Waals surface area contributed by atoms with Crippen LogP contribution in [0.1, 0.15) is 38.7 Å². The van der Waals surface area contributed by atoms with Crippen LogP contribution in [0.4, 0.5) is 4.79 Å². The standard InChI is InChI=1S/C35H28N2O4/c38-34(37-35(39)36-33-28-18-9-7-16-26(28)27-17-8-10-19-29(27)33)32-30(40-22-24-12-3-1-4-13-24)20-11-21-31(32)41-23-25-14-5-2-6-15-25/h1-21,33H,22-23H2,(H2,36,37,38,39). The molecular formula is C35H28N2O4. The Labute approximate surface area is 238 Å². The van der Waals surface area contributed by atoms with Gasteiger partial charge in [-0.05, 0) is 45.5 Å². The lowest BCUT2D eigenvalue weighted by atomic mass is 10.1. The average Bonchev–Trinajstić information content (AvgIpc) is 3.33. The van der Waals surface area contributed by atoms with Crippen LogP contribution in [-0.2, 0) is 13.2 Å². The monoisotopic (exact) mass is 540 g/mol. The highest BCUT2D eigenvalue weighted by Crippen LogP contribution is 2.43. The fraction of sp³-hybridized carbons (Fsp3) is 0.0857. The molecule has 1 aliphatic rings. The van der Waals surface area contributed by atoms with Gasteiger partial charge in [0.2, 0.25) is 0 Å². The molecule has 41 heavy (non-hydrogen) atoms. The highest BCUT2D eigenvalue weighted by Gasteiger charge is 2.30. The van der Waals surface area contributed by atoms with E-state index in [-0.39, 0.29) is 24.8 Å². The van der Waals surface area contributed by atoms with Crippen molar-refractivity contribution in [1.82, 2.24) is 10.6 Å². The van der Waals surface area contributed by atoms with Crippen molar-refractivity contribution in [3.63, 3.8) is 0 Å². The number of hydrogen-bond donors (Lipinski definition) is 2. The van der Waals surface area contributed by atoms with E-state index in [9.17, 15) is 9.59 Å². The van der Waals surface area contributed by atoms with Crippen LogP contribution < -0.4 is 20.1 Å². The van der Waals surface area contributed by atoms with Gasteiger partial charge in [-0.2, -0.15) is 0 Å². The highest BCUT2D eigenvalue weighted by molar-refractivity contribution is 6.07. The van der Waals surface area contributed by atoms with Crippen molar-refractivity contribution in [2.75, 3.05) is 0 Å². The van der Waals surface area contributed by atoms with Gasteiger partial charge in [-0.15, -0.1) is 0 Å². The maximum Gasteiger partial charge on any atom is 0.322 e. The molecule has 0 aliphatic heterocycles. The summed E-state index contributed by atoms with van der Waals surface area (Å²) >= 11 is 0. The van der Waals surface area contributed by atoms with E-state index in [2.05, 4.69) is 10.6 Å². The molecule has 0 saturated heterocycles. The molecule has 0 bridgehead atoms. The second kappa shape index (κ2) is 11.8. The third-order valence-electron chi connectivity index (χ3n) is 7.03. The predicted molar refractivity (Wildman–Crippen MR) is 158 cm³/mol. The first kappa shape index (κ1) is 25.9. The molecule has 0 aromatic heterocycles. The van der Waals surface area contributed by atoms with Crippen molar-refractivity contribution in [2.24, 2.45) is 0 Å². The van der Waals surface area contributed by atoms with Crippen molar-refractivity contribution < 1.29 is 19.1 Å². The Balaban J connectivity index is 1.24. The molecule has 2 N–H and O–H groups in total. The molecule has 0 radical (unpaired) electrons. The Kier molecular flexibility index (Phi) is 7.45. The van der Waals surface area contributed by atoms with Gasteiger partial charge >= 0.3 is 6.03 Å². The van der Waals surface area contributed by atoms with E-state index in [1.54, 1.807) is 18.2 Å². The quantitative estimate of drug-likeness (QED) is 0.221. The zero-order chi connectivity index (χ0) is 28.0. The maximum atomic E-state index is 13.7. The van der Waals surface area contributed by atoms with Gasteiger partial charge in [0, 0.05) is 0 Å². The Bertz CT molecular complexity index is 1580. The zero-order valence-corrected chi connectivity index (χ0v) is 22.2. The number of urea groups is 1. The number of carbonyl (C=O) groups excluding carboxylic acids is 2. The van der Waals surface area contributed by atoms with Crippen molar-refractivity contribution in [2.45, 2.75) is 19.3 Å². The summed E-state index contributed by atoms with van der Waals surface area (Å²) in [5, 5.41) is 5.51. The van der Waals surface area contributed by atoms with E-state index in [4.69, 9.17) is 9.47 Å². The minimum absolute atomic E-state index is 0.154. The third-order valence-corrected chi connectivity index (χ3v) is 7.03. The number of carbonyl (C=O) groups is 2. The molecular weight excluding hydrogens is 512 g/mol. The van der Waals surface area contributed by atoms with Gasteiger partial charge in [-0.1, -0.05) is 115 Å². The SMILES string of the molecule is O=C(NC(=O)c1c(OCc2ccccc2)cccc1OCc1ccccc1)NC1c2ccccc2-c2ccccc21. The Morgan fingerprint density at radius 1 is 0.561 bits per heavy atom. The zero-order valence-electron chi connectivity index (χ0n) is 22.2. The first-order valence-corrected chi connectivity index (χ1v) is 13.4. The summed E-state index contributed by atoms with van der Waals surface area (Å²) in [7, 11) is 0. The van der Waals surface area contributed by atoms with Crippen molar-refractivity contribution in [3.8, 4) is 22.6 Å². The number of benzene rings is 5. The molecule has 202 valence electrons. The Hall–Kier alpha value is -5.36. The minimum Gasteiger partial charge on any atom is -0.488 e. The van der Waals surface area contributed by atoms with E-state index >= 15 is 0 Å². The van der Waals surface area contributed by atoms with Gasteiger partial charge in [0.25, 0.3) is 5.91 Å². The van der Waals surface area contributed by atoms with Crippen LogP contribution >= 0.6 is 0 Å². The number of hydrogen-bond acceptors (Lipinski definition) is 4. The molecule has 0 heterocycles. The van der Waals surface area contributed by atoms with E-state index < -0.39 is 11.9 Å². The van der Waals surface area contributed by atoms with Crippen LogP contribution in [0.2, 0.25) is 0 Å². The van der Waals surface area contributed by atoms with Crippen molar-refractivity contribution >= 4 is 11.9 Å². The van der Waals surface area contributed by atoms with Crippen LogP contribution in [0.25, 0.3) is 11.1 Å². The molecule has 0 unspecified atom stereocenters. The molecule has 0 saturated carbocycles. The summed E-state index contributed by atoms with van der Waals surface area (Å²) in [5.74, 6) is 0.0244. The lowest BCUT2D eigenvalue weighted by Crippen LogP contribution is -2.41. The lowest BCUT2D eigenvalue weighted by molar-refractivity contribution is 0.0954. The van der Waals surface area contributed by atoms with Gasteiger partial charge in [-0.3, -0.25) is 10.1 Å². The van der Waals surface area contributed by atoms with Gasteiger partial charge < -0.3 is 14.8 Å². The van der Waals surface area contributed by atoms with Crippen LogP contribution in [0.3, 0.4) is 0 Å². The van der Waals surface area contributed by atoms with Crippen molar-refractivity contribution in [3.05, 3.63) is 155 Å². The van der Waals surface area contributed by atoms with E-state index in [1.807, 2.05) is 109 Å². The van der Waals surface area contributed by atoms with Crippen LogP contribution in [0, 0.1) is 0 Å². The summed E-state index contributed by atoms with van der Waals surface area (Å²) in [6, 6.07) is 39.4. The van der Waals surface area contributed by atoms with Gasteiger partial charge in [0.1, 0.15) is 30.3 Å². The Morgan fingerprint density at radius 3 is 1.54 bits per heavy atom. The molecule has 3 amide bonds. The molecule has 6 nitrogen and oxygen atoms in total. The summed E-state index contributed by atoms with van der Waals surface area (Å²) in [6.45, 7) is 0.510. The number of nitrogens with one attached hydrogen (secondary N) is 2. The largest absolute Gasteiger partial charge is 0.488 e. The average molecular weight is 541 g/mol. The predicted octanol–water partition coefficient (Wildman–Crippen LogP) is 7.05. The molecule has 5 aromatic rings. The number of imide groups is 1. The number of fused-ring (bicyclic) bond motifs is 3. The molecule has 0 atom stereocenters. The topological polar surface area (TPSA) is 76.7 Å². The fourth-order valence-electron chi connectivity index (χ4n) is 5.09. The van der Waals surface area contributed by atoms with Crippen molar-refractivity contribution in [1.29, 1.82) is 0 Å². The van der Waals surface area contributed by atoms with Gasteiger partial charge in [0.05, 0.1) is 6.04 Å². The van der Waals surface area contributed by atoms with E-state index in [0.29, 0.717) is 11.5 Å². The third kappa shape index (κ3) is 5.68. The van der Waals surface area contributed by atoms with Crippen LogP contribution in [-0.4, -0.2) is 11.9 Å². The second-order valence-electron chi connectivity index (χ2n) is 9.71. The second-order valence-corrected chi connectivity index (χ2v) is 9.71. The molecule has 6 rings (SSSR count). The van der Waals surface area contributed by atoms with E-state index in [1.165, 1.54) is 0 Å². The number of ether oxygens (including phenoxy) is 2. The first-order valence-electron chi connectivity index (χ1n) is 13.4. The molecule has 0 fully saturated rings. The summed E-state index contributed by atoms with van der Waals surface area (Å²) < 4.78 is 12.1. The first-order chi connectivity index (χ1) is 20.2. The maximum absolute atomic E-state index is 13.7. The van der Waals surface area contributed by atoms with Gasteiger partial charge in [-0.25, -0.2) is 4.79 Å². The lowest BCUT2D eigenvalue weighted by Gasteiger charge is -2.18. The molecule has 1 aliphatic carbocycles. The molecule has 5 aromatic carbocycles. The van der Waals surface area contributed by atoms with Gasteiger partial charge in [0.15, 0.2) is 0 Å². The van der Waals surface area contributed by atoms with E-state index in [0.717, 1.165) is 33.4 Å². The summed E-state index contributed by atoms with van der Waals surface area (Å²) in [5.41, 5.74) is 6.15. The number of amides is 3. The molecule has 0 spiro atoms. The summed E-state index contributed by atoms with van der Waals surface area (Å²) in [6.07, 6.45) is 0. The van der Waals surface area contributed by atoms with Crippen LogP contribution in [0.15, 0.2) is 127 Å². The molecule has 6 heteroatoms. The summed E-state index contributed by atoms with van der Waals surface area (Å²) in [4.78, 5) is 26.9. The normalized spacial score (nSPS) is 11.7. The smallest absolute Gasteiger partial charge is 0.322 e. The Morgan fingerprint density at radius 2 is 1.02 bits per heavy atom.